The third kappa shape index (κ3) is 4.78. The highest BCUT2D eigenvalue weighted by atomic mass is 16.3. The average molecular weight is 455 g/mol. The Kier molecular flexibility index (Phi) is 6.25. The predicted molar refractivity (Wildman–Crippen MR) is 131 cm³/mol. The second-order valence-electron chi connectivity index (χ2n) is 8.32. The van der Waals surface area contributed by atoms with E-state index in [9.17, 15) is 9.59 Å². The van der Waals surface area contributed by atoms with E-state index in [1.165, 1.54) is 6.08 Å². The van der Waals surface area contributed by atoms with Crippen molar-refractivity contribution in [2.45, 2.75) is 19.3 Å². The van der Waals surface area contributed by atoms with Crippen LogP contribution in [0.15, 0.2) is 77.4 Å². The number of benzene rings is 2. The van der Waals surface area contributed by atoms with Crippen LogP contribution in [0.2, 0.25) is 0 Å². The van der Waals surface area contributed by atoms with Gasteiger partial charge in [-0.1, -0.05) is 36.4 Å². The Bertz CT molecular complexity index is 1300. The Morgan fingerprint density at radius 2 is 1.79 bits per heavy atom. The van der Waals surface area contributed by atoms with Gasteiger partial charge >= 0.3 is 0 Å². The van der Waals surface area contributed by atoms with Crippen molar-refractivity contribution in [3.8, 4) is 17.1 Å². The van der Waals surface area contributed by atoms with Gasteiger partial charge in [-0.05, 0) is 43.2 Å². The van der Waals surface area contributed by atoms with Gasteiger partial charge in [0.25, 0.3) is 0 Å². The molecule has 1 aliphatic heterocycles. The van der Waals surface area contributed by atoms with Crippen LogP contribution in [0, 0.1) is 0 Å². The number of hydrogen-bond donors (Lipinski definition) is 1. The van der Waals surface area contributed by atoms with Gasteiger partial charge in [0.05, 0.1) is 5.69 Å². The number of nitrogens with one attached hydrogen (secondary N) is 1. The number of likely N-dealkylation sites (tertiary alicyclic amines) is 1. The SMILES string of the molecule is O=C(/C=C\c1cn(-c2ccccc2)nc1-c1cc2ccccc2o1)NCCC(=O)N1CCCC1. The molecular formula is C27H26N4O3. The number of nitrogens with zero attached hydrogens (tertiary/aromatic N) is 3. The largest absolute Gasteiger partial charge is 0.454 e. The molecule has 2 aromatic carbocycles. The number of para-hydroxylation sites is 2. The first-order chi connectivity index (χ1) is 16.7. The first-order valence-electron chi connectivity index (χ1n) is 11.5. The maximum atomic E-state index is 12.4. The summed E-state index contributed by atoms with van der Waals surface area (Å²) in [5.41, 5.74) is 3.09. The molecule has 1 N–H and O–H groups in total. The summed E-state index contributed by atoms with van der Waals surface area (Å²) in [4.78, 5) is 26.4. The van der Waals surface area contributed by atoms with Crippen molar-refractivity contribution in [2.75, 3.05) is 19.6 Å². The summed E-state index contributed by atoms with van der Waals surface area (Å²) in [6.07, 6.45) is 7.51. The Labute approximate surface area is 197 Å². The van der Waals surface area contributed by atoms with Crippen LogP contribution in [0.5, 0.6) is 0 Å². The monoisotopic (exact) mass is 454 g/mol. The van der Waals surface area contributed by atoms with Crippen molar-refractivity contribution >= 4 is 28.9 Å². The second kappa shape index (κ2) is 9.79. The summed E-state index contributed by atoms with van der Waals surface area (Å²) in [5, 5.41) is 8.53. The summed E-state index contributed by atoms with van der Waals surface area (Å²) >= 11 is 0. The minimum absolute atomic E-state index is 0.0955. The molecule has 0 atom stereocenters. The van der Waals surface area contributed by atoms with Gasteiger partial charge in [-0.3, -0.25) is 9.59 Å². The van der Waals surface area contributed by atoms with Gasteiger partial charge in [0.15, 0.2) is 5.76 Å². The maximum absolute atomic E-state index is 12.4. The van der Waals surface area contributed by atoms with Crippen molar-refractivity contribution in [1.29, 1.82) is 0 Å². The number of fused-ring (bicyclic) bond motifs is 1. The molecule has 172 valence electrons. The van der Waals surface area contributed by atoms with Gasteiger partial charge in [0.2, 0.25) is 11.8 Å². The minimum Gasteiger partial charge on any atom is -0.454 e. The number of carbonyl (C=O) groups is 2. The molecule has 7 heteroatoms. The molecule has 7 nitrogen and oxygen atoms in total. The van der Waals surface area contributed by atoms with Gasteiger partial charge in [0.1, 0.15) is 11.3 Å². The van der Waals surface area contributed by atoms with E-state index in [1.54, 1.807) is 10.8 Å². The van der Waals surface area contributed by atoms with Gasteiger partial charge in [0, 0.05) is 49.3 Å². The quantitative estimate of drug-likeness (QED) is 0.419. The molecule has 1 aliphatic rings. The molecule has 0 spiro atoms. The maximum Gasteiger partial charge on any atom is 0.244 e. The van der Waals surface area contributed by atoms with Crippen LogP contribution in [0.3, 0.4) is 0 Å². The molecule has 2 amide bonds. The van der Waals surface area contributed by atoms with Crippen LogP contribution in [0.25, 0.3) is 34.2 Å². The lowest BCUT2D eigenvalue weighted by atomic mass is 10.2. The molecular weight excluding hydrogens is 428 g/mol. The summed E-state index contributed by atoms with van der Waals surface area (Å²) in [5.74, 6) is 0.475. The molecule has 0 aliphatic carbocycles. The van der Waals surface area contributed by atoms with Crippen LogP contribution < -0.4 is 5.32 Å². The molecule has 3 heterocycles. The van der Waals surface area contributed by atoms with Crippen molar-refractivity contribution in [3.63, 3.8) is 0 Å². The third-order valence-electron chi connectivity index (χ3n) is 5.93. The van der Waals surface area contributed by atoms with Gasteiger partial charge in [-0.2, -0.15) is 5.10 Å². The Morgan fingerprint density at radius 3 is 2.59 bits per heavy atom. The first kappa shape index (κ1) is 21.7. The number of hydrogen-bond acceptors (Lipinski definition) is 4. The fourth-order valence-electron chi connectivity index (χ4n) is 4.15. The molecule has 0 radical (unpaired) electrons. The molecule has 5 rings (SSSR count). The van der Waals surface area contributed by atoms with Crippen molar-refractivity contribution in [1.82, 2.24) is 20.0 Å². The first-order valence-corrected chi connectivity index (χ1v) is 11.5. The molecule has 1 saturated heterocycles. The minimum atomic E-state index is -0.253. The zero-order chi connectivity index (χ0) is 23.3. The average Bonchev–Trinajstić information content (AvgIpc) is 3.62. The number of rotatable bonds is 7. The predicted octanol–water partition coefficient (Wildman–Crippen LogP) is 4.43. The van der Waals surface area contributed by atoms with Crippen LogP contribution >= 0.6 is 0 Å². The van der Waals surface area contributed by atoms with E-state index >= 15 is 0 Å². The van der Waals surface area contributed by atoms with E-state index < -0.39 is 0 Å². The lowest BCUT2D eigenvalue weighted by Crippen LogP contribution is -2.32. The molecule has 0 saturated carbocycles. The topological polar surface area (TPSA) is 80.4 Å². The van der Waals surface area contributed by atoms with Crippen LogP contribution in [0.1, 0.15) is 24.8 Å². The third-order valence-corrected chi connectivity index (χ3v) is 5.93. The number of carbonyl (C=O) groups excluding carboxylic acids is 2. The summed E-state index contributed by atoms with van der Waals surface area (Å²) in [6, 6.07) is 19.5. The van der Waals surface area contributed by atoms with E-state index in [4.69, 9.17) is 9.52 Å². The molecule has 2 aromatic heterocycles. The molecule has 0 bridgehead atoms. The van der Waals surface area contributed by atoms with Gasteiger partial charge < -0.3 is 14.6 Å². The van der Waals surface area contributed by atoms with Gasteiger partial charge in [-0.25, -0.2) is 4.68 Å². The highest BCUT2D eigenvalue weighted by Crippen LogP contribution is 2.30. The fraction of sp³-hybridized carbons (Fsp3) is 0.222. The summed E-state index contributed by atoms with van der Waals surface area (Å²) < 4.78 is 7.81. The highest BCUT2D eigenvalue weighted by Gasteiger charge is 2.18. The summed E-state index contributed by atoms with van der Waals surface area (Å²) in [6.45, 7) is 1.96. The van der Waals surface area contributed by atoms with Crippen molar-refractivity contribution in [2.24, 2.45) is 0 Å². The van der Waals surface area contributed by atoms with Crippen LogP contribution in [-0.4, -0.2) is 46.1 Å². The molecule has 0 unspecified atom stereocenters. The highest BCUT2D eigenvalue weighted by molar-refractivity contribution is 5.93. The van der Waals surface area contributed by atoms with E-state index in [0.717, 1.165) is 48.2 Å². The summed E-state index contributed by atoms with van der Waals surface area (Å²) in [7, 11) is 0. The van der Waals surface area contributed by atoms with E-state index in [0.29, 0.717) is 24.4 Å². The van der Waals surface area contributed by atoms with E-state index in [1.807, 2.05) is 71.8 Å². The number of aromatic nitrogens is 2. The Morgan fingerprint density at radius 1 is 1.03 bits per heavy atom. The van der Waals surface area contributed by atoms with E-state index in [2.05, 4.69) is 5.32 Å². The Balaban J connectivity index is 1.34. The number of furan rings is 1. The van der Waals surface area contributed by atoms with Crippen LogP contribution in [0.4, 0.5) is 0 Å². The molecule has 34 heavy (non-hydrogen) atoms. The second-order valence-corrected chi connectivity index (χ2v) is 8.32. The lowest BCUT2D eigenvalue weighted by molar-refractivity contribution is -0.130. The lowest BCUT2D eigenvalue weighted by Gasteiger charge is -2.14. The standard InChI is InChI=1S/C27H26N4O3/c32-25(28-15-14-26(33)30-16-6-7-17-30)13-12-21-19-31(22-9-2-1-3-10-22)29-27(21)24-18-20-8-4-5-11-23(20)34-24/h1-5,8-13,18-19H,6-7,14-17H2,(H,28,32)/b13-12-. The molecule has 1 fully saturated rings. The molecule has 4 aromatic rings. The van der Waals surface area contributed by atoms with E-state index in [-0.39, 0.29) is 11.8 Å². The van der Waals surface area contributed by atoms with Crippen LogP contribution in [-0.2, 0) is 9.59 Å². The van der Waals surface area contributed by atoms with Crippen molar-refractivity contribution in [3.05, 3.63) is 78.5 Å². The zero-order valence-electron chi connectivity index (χ0n) is 18.8. The zero-order valence-corrected chi connectivity index (χ0v) is 18.8. The smallest absolute Gasteiger partial charge is 0.244 e. The van der Waals surface area contributed by atoms with Gasteiger partial charge in [-0.15, -0.1) is 0 Å². The fourth-order valence-corrected chi connectivity index (χ4v) is 4.15. The van der Waals surface area contributed by atoms with Crippen molar-refractivity contribution < 1.29 is 14.0 Å². The normalized spacial score (nSPS) is 13.7. The Hall–Kier alpha value is -4.13. The number of amides is 2.